The second kappa shape index (κ2) is 7.20. The molecule has 0 bridgehead atoms. The molecule has 1 aliphatic carbocycles. The Hall–Kier alpha value is -0.770. The predicted octanol–water partition coefficient (Wildman–Crippen LogP) is 2.70. The van der Waals surface area contributed by atoms with Crippen LogP contribution in [0.2, 0.25) is 0 Å². The van der Waals surface area contributed by atoms with Gasteiger partial charge in [0, 0.05) is 25.7 Å². The van der Waals surface area contributed by atoms with Gasteiger partial charge in [-0.25, -0.2) is 0 Å². The molecular weight excluding hydrogens is 272 g/mol. The van der Waals surface area contributed by atoms with Gasteiger partial charge in [0.25, 0.3) is 0 Å². The number of guanidine groups is 1. The lowest BCUT2D eigenvalue weighted by Crippen LogP contribution is -2.42. The van der Waals surface area contributed by atoms with E-state index in [0.717, 1.165) is 13.1 Å². The Bertz CT molecular complexity index is 387. The third-order valence-electron chi connectivity index (χ3n) is 6.11. The average Bonchev–Trinajstić information content (AvgIpc) is 3.12. The summed E-state index contributed by atoms with van der Waals surface area (Å²) in [7, 11) is 2.24. The molecule has 0 amide bonds. The molecule has 0 aromatic rings. The Balaban J connectivity index is 1.61. The topological polar surface area (TPSA) is 30.9 Å². The minimum atomic E-state index is 0.610. The number of likely N-dealkylation sites (tertiary alicyclic amines) is 2. The number of aliphatic imine (C=N–C) groups is 1. The monoisotopic (exact) mass is 306 g/mol. The smallest absolute Gasteiger partial charge is 0.193 e. The van der Waals surface area contributed by atoms with E-state index in [-0.39, 0.29) is 0 Å². The van der Waals surface area contributed by atoms with E-state index >= 15 is 0 Å². The normalized spacial score (nSPS) is 29.5. The highest BCUT2D eigenvalue weighted by atomic mass is 15.3. The minimum absolute atomic E-state index is 0.610. The zero-order valence-corrected chi connectivity index (χ0v) is 14.6. The summed E-state index contributed by atoms with van der Waals surface area (Å²) in [5, 5.41) is 3.54. The second-order valence-corrected chi connectivity index (χ2v) is 7.70. The molecule has 1 spiro atoms. The highest BCUT2D eigenvalue weighted by Crippen LogP contribution is 2.43. The third kappa shape index (κ3) is 3.58. The molecule has 2 heterocycles. The molecule has 2 aliphatic heterocycles. The van der Waals surface area contributed by atoms with Crippen LogP contribution in [0.3, 0.4) is 0 Å². The quantitative estimate of drug-likeness (QED) is 0.642. The average molecular weight is 306 g/mol. The van der Waals surface area contributed by atoms with Crippen LogP contribution >= 0.6 is 0 Å². The molecule has 3 fully saturated rings. The van der Waals surface area contributed by atoms with Crippen molar-refractivity contribution in [2.45, 2.75) is 64.3 Å². The van der Waals surface area contributed by atoms with E-state index in [1.165, 1.54) is 77.0 Å². The first-order chi connectivity index (χ1) is 10.7. The van der Waals surface area contributed by atoms with E-state index in [2.05, 4.69) is 29.1 Å². The van der Waals surface area contributed by atoms with Crippen molar-refractivity contribution in [1.29, 1.82) is 0 Å². The van der Waals surface area contributed by atoms with Crippen molar-refractivity contribution in [1.82, 2.24) is 15.1 Å². The fraction of sp³-hybridized carbons (Fsp3) is 0.944. The lowest BCUT2D eigenvalue weighted by molar-refractivity contribution is 0.203. The molecule has 4 heteroatoms. The fourth-order valence-electron chi connectivity index (χ4n) is 4.65. The van der Waals surface area contributed by atoms with Crippen LogP contribution in [0.15, 0.2) is 4.99 Å². The van der Waals surface area contributed by atoms with E-state index in [1.54, 1.807) is 0 Å². The van der Waals surface area contributed by atoms with Crippen molar-refractivity contribution in [2.75, 3.05) is 39.8 Å². The van der Waals surface area contributed by atoms with Crippen LogP contribution in [0.1, 0.15) is 58.3 Å². The van der Waals surface area contributed by atoms with Crippen LogP contribution in [0, 0.1) is 5.41 Å². The second-order valence-electron chi connectivity index (χ2n) is 7.70. The van der Waals surface area contributed by atoms with Gasteiger partial charge in [-0.1, -0.05) is 19.3 Å². The van der Waals surface area contributed by atoms with Gasteiger partial charge in [0.15, 0.2) is 5.96 Å². The van der Waals surface area contributed by atoms with Crippen molar-refractivity contribution in [3.05, 3.63) is 0 Å². The van der Waals surface area contributed by atoms with Gasteiger partial charge in [0.1, 0.15) is 0 Å². The summed E-state index contributed by atoms with van der Waals surface area (Å²) in [6.45, 7) is 7.80. The van der Waals surface area contributed by atoms with Crippen LogP contribution in [-0.4, -0.2) is 61.6 Å². The largest absolute Gasteiger partial charge is 0.357 e. The summed E-state index contributed by atoms with van der Waals surface area (Å²) in [6, 6.07) is 0.653. The van der Waals surface area contributed by atoms with E-state index in [4.69, 9.17) is 4.99 Å². The zero-order valence-electron chi connectivity index (χ0n) is 14.6. The van der Waals surface area contributed by atoms with E-state index < -0.39 is 0 Å². The standard InChI is InChI=1S/C18H34N4/c1-3-19-17(20-14-16-8-7-12-21(16)2)22-13-11-18(15-22)9-5-4-6-10-18/h16H,3-15H2,1-2H3,(H,19,20). The Kier molecular flexibility index (Phi) is 5.27. The van der Waals surface area contributed by atoms with Gasteiger partial charge in [-0.05, 0) is 58.0 Å². The van der Waals surface area contributed by atoms with Crippen molar-refractivity contribution in [2.24, 2.45) is 10.4 Å². The summed E-state index contributed by atoms with van der Waals surface area (Å²) >= 11 is 0. The van der Waals surface area contributed by atoms with E-state index in [0.29, 0.717) is 11.5 Å². The lowest BCUT2D eigenvalue weighted by Gasteiger charge is -2.33. The Morgan fingerprint density at radius 3 is 2.64 bits per heavy atom. The Morgan fingerprint density at radius 1 is 1.14 bits per heavy atom. The molecule has 3 rings (SSSR count). The molecule has 1 atom stereocenters. The van der Waals surface area contributed by atoms with Gasteiger partial charge in [-0.2, -0.15) is 0 Å². The zero-order chi connectivity index (χ0) is 15.4. The molecule has 126 valence electrons. The van der Waals surface area contributed by atoms with Gasteiger partial charge in [-0.15, -0.1) is 0 Å². The first-order valence-electron chi connectivity index (χ1n) is 9.46. The van der Waals surface area contributed by atoms with Gasteiger partial charge in [-0.3, -0.25) is 4.99 Å². The summed E-state index contributed by atoms with van der Waals surface area (Å²) in [4.78, 5) is 10.0. The molecule has 2 saturated heterocycles. The molecule has 1 saturated carbocycles. The lowest BCUT2D eigenvalue weighted by atomic mass is 9.73. The van der Waals surface area contributed by atoms with Crippen LogP contribution < -0.4 is 5.32 Å². The molecular formula is C18H34N4. The summed E-state index contributed by atoms with van der Waals surface area (Å²) < 4.78 is 0. The minimum Gasteiger partial charge on any atom is -0.357 e. The number of nitrogens with zero attached hydrogens (tertiary/aromatic N) is 3. The van der Waals surface area contributed by atoms with Gasteiger partial charge in [0.05, 0.1) is 6.54 Å². The maximum Gasteiger partial charge on any atom is 0.193 e. The predicted molar refractivity (Wildman–Crippen MR) is 93.3 cm³/mol. The molecule has 3 aliphatic rings. The number of likely N-dealkylation sites (N-methyl/N-ethyl adjacent to an activating group) is 1. The first kappa shape index (κ1) is 16.1. The first-order valence-corrected chi connectivity index (χ1v) is 9.46. The highest BCUT2D eigenvalue weighted by Gasteiger charge is 2.39. The molecule has 22 heavy (non-hydrogen) atoms. The molecule has 4 nitrogen and oxygen atoms in total. The molecule has 0 aromatic carbocycles. The van der Waals surface area contributed by atoms with Crippen molar-refractivity contribution in [3.63, 3.8) is 0 Å². The van der Waals surface area contributed by atoms with Crippen LogP contribution in [0.25, 0.3) is 0 Å². The number of nitrogens with one attached hydrogen (secondary N) is 1. The molecule has 0 aromatic heterocycles. The summed E-state index contributed by atoms with van der Waals surface area (Å²) in [5.41, 5.74) is 0.610. The third-order valence-corrected chi connectivity index (χ3v) is 6.11. The van der Waals surface area contributed by atoms with Crippen LogP contribution in [0.5, 0.6) is 0 Å². The van der Waals surface area contributed by atoms with Crippen molar-refractivity contribution < 1.29 is 0 Å². The summed E-state index contributed by atoms with van der Waals surface area (Å²) in [5.74, 6) is 1.17. The Morgan fingerprint density at radius 2 is 1.95 bits per heavy atom. The van der Waals surface area contributed by atoms with Crippen molar-refractivity contribution >= 4 is 5.96 Å². The van der Waals surface area contributed by atoms with Gasteiger partial charge < -0.3 is 15.1 Å². The van der Waals surface area contributed by atoms with E-state index in [1.807, 2.05) is 0 Å². The number of hydrogen-bond donors (Lipinski definition) is 1. The molecule has 0 radical (unpaired) electrons. The highest BCUT2D eigenvalue weighted by molar-refractivity contribution is 5.80. The SMILES string of the molecule is CCNC(=NCC1CCCN1C)N1CCC2(CCCCC2)C1. The molecule has 1 N–H and O–H groups in total. The molecule has 1 unspecified atom stereocenters. The number of rotatable bonds is 3. The van der Waals surface area contributed by atoms with Crippen LogP contribution in [-0.2, 0) is 0 Å². The van der Waals surface area contributed by atoms with Gasteiger partial charge in [0.2, 0.25) is 0 Å². The maximum atomic E-state index is 5.00. The summed E-state index contributed by atoms with van der Waals surface area (Å²) in [6.07, 6.45) is 11.2. The number of hydrogen-bond acceptors (Lipinski definition) is 2. The van der Waals surface area contributed by atoms with Crippen molar-refractivity contribution in [3.8, 4) is 0 Å². The fourth-order valence-corrected chi connectivity index (χ4v) is 4.65. The van der Waals surface area contributed by atoms with E-state index in [9.17, 15) is 0 Å². The van der Waals surface area contributed by atoms with Crippen LogP contribution in [0.4, 0.5) is 0 Å². The van der Waals surface area contributed by atoms with Gasteiger partial charge >= 0.3 is 0 Å². The maximum absolute atomic E-state index is 5.00. The Labute approximate surface area is 136 Å².